The Morgan fingerprint density at radius 1 is 1.20 bits per heavy atom. The molecule has 0 bridgehead atoms. The van der Waals surface area contributed by atoms with Crippen LogP contribution in [0, 0.1) is 0 Å². The molecule has 132 valence electrons. The zero-order chi connectivity index (χ0) is 18.2. The maximum atomic E-state index is 12.6. The number of aromatic nitrogens is 2. The lowest BCUT2D eigenvalue weighted by Gasteiger charge is -2.21. The van der Waals surface area contributed by atoms with E-state index in [4.69, 9.17) is 0 Å². The lowest BCUT2D eigenvalue weighted by molar-refractivity contribution is -0.109. The molecule has 0 spiro atoms. The molecule has 0 radical (unpaired) electrons. The maximum Gasteiger partial charge on any atom is 0.240 e. The minimum atomic E-state index is -1.68. The van der Waals surface area contributed by atoms with Crippen LogP contribution in [0.3, 0.4) is 0 Å². The highest BCUT2D eigenvalue weighted by atomic mass is 32.2. The number of carbonyl (C=O) groups excluding carboxylic acids is 2. The summed E-state index contributed by atoms with van der Waals surface area (Å²) < 4.78 is 14.1. The van der Waals surface area contributed by atoms with Crippen LogP contribution in [0.1, 0.15) is 17.3 Å². The van der Waals surface area contributed by atoms with E-state index in [0.717, 1.165) is 11.8 Å². The Labute approximate surface area is 152 Å². The molecule has 9 heteroatoms. The number of nitrogens with zero attached hydrogens (tertiary/aromatic N) is 3. The number of anilines is 1. The summed E-state index contributed by atoms with van der Waals surface area (Å²) in [5.41, 5.74) is 1.03. The second-order valence-electron chi connectivity index (χ2n) is 4.86. The molecule has 0 fully saturated rings. The van der Waals surface area contributed by atoms with Crippen LogP contribution in [0.15, 0.2) is 47.9 Å². The van der Waals surface area contributed by atoms with Crippen LogP contribution in [0.2, 0.25) is 0 Å². The van der Waals surface area contributed by atoms with Crippen LogP contribution >= 0.6 is 11.8 Å². The highest BCUT2D eigenvalue weighted by molar-refractivity contribution is 8.14. The molecule has 1 aromatic heterocycles. The van der Waals surface area contributed by atoms with Gasteiger partial charge in [-0.05, 0) is 30.3 Å². The molecular weight excluding hydrogens is 362 g/mol. The lowest BCUT2D eigenvalue weighted by Crippen LogP contribution is -2.30. The van der Waals surface area contributed by atoms with Crippen LogP contribution < -0.4 is 4.31 Å². The van der Waals surface area contributed by atoms with E-state index in [0.29, 0.717) is 11.3 Å². The normalized spacial score (nSPS) is 11.8. The first-order valence-corrected chi connectivity index (χ1v) is 9.46. The largest absolute Gasteiger partial charge is 0.394 e. The summed E-state index contributed by atoms with van der Waals surface area (Å²) in [5.74, 6) is -0.0771. The van der Waals surface area contributed by atoms with Crippen LogP contribution in [0.4, 0.5) is 5.69 Å². The summed E-state index contributed by atoms with van der Waals surface area (Å²) in [4.78, 5) is 30.9. The number of Topliss-reactive ketones (excluding diaryl/α,β-unsaturated/α-hetero) is 1. The molecule has 0 aliphatic heterocycles. The highest BCUT2D eigenvalue weighted by Crippen LogP contribution is 2.20. The third-order valence-corrected chi connectivity index (χ3v) is 5.22. The predicted octanol–water partition coefficient (Wildman–Crippen LogP) is 1.46. The van der Waals surface area contributed by atoms with Gasteiger partial charge in [-0.15, -0.1) is 0 Å². The molecule has 1 N–H and O–H groups in total. The van der Waals surface area contributed by atoms with Crippen LogP contribution in [-0.2, 0) is 15.8 Å². The molecule has 1 atom stereocenters. The smallest absolute Gasteiger partial charge is 0.240 e. The van der Waals surface area contributed by atoms with E-state index in [1.807, 2.05) is 0 Å². The molecule has 1 heterocycles. The summed E-state index contributed by atoms with van der Waals surface area (Å²) in [6, 6.07) is 8.11. The Morgan fingerprint density at radius 3 is 2.40 bits per heavy atom. The molecule has 1 aromatic carbocycles. The molecule has 0 saturated carbocycles. The third-order valence-electron chi connectivity index (χ3n) is 3.09. The van der Waals surface area contributed by atoms with Crippen molar-refractivity contribution in [2.45, 2.75) is 12.1 Å². The number of benzene rings is 1. The Balaban J connectivity index is 2.18. The number of hydrogen-bond donors (Lipinski definition) is 1. The van der Waals surface area contributed by atoms with Gasteiger partial charge in [0.1, 0.15) is 0 Å². The lowest BCUT2D eigenvalue weighted by atomic mass is 10.1. The number of thioether (sulfide) groups is 1. The van der Waals surface area contributed by atoms with Gasteiger partial charge >= 0.3 is 0 Å². The van der Waals surface area contributed by atoms with Crippen LogP contribution in [0.25, 0.3) is 0 Å². The van der Waals surface area contributed by atoms with Gasteiger partial charge in [-0.3, -0.25) is 13.9 Å². The van der Waals surface area contributed by atoms with Crippen molar-refractivity contribution in [2.75, 3.05) is 23.2 Å². The monoisotopic (exact) mass is 379 g/mol. The van der Waals surface area contributed by atoms with E-state index in [1.165, 1.54) is 23.6 Å². The molecule has 25 heavy (non-hydrogen) atoms. The number of carbonyl (C=O) groups is 2. The SMILES string of the molecule is CC(=O)SCC(=O)c1ccc(N(CCO)S(=O)c2ncccn2)cc1. The zero-order valence-corrected chi connectivity index (χ0v) is 15.1. The molecule has 7 nitrogen and oxygen atoms in total. The van der Waals surface area contributed by atoms with Gasteiger partial charge in [0.25, 0.3) is 0 Å². The van der Waals surface area contributed by atoms with Crippen LogP contribution in [-0.4, -0.2) is 49.1 Å². The summed E-state index contributed by atoms with van der Waals surface area (Å²) in [6.45, 7) is 1.33. The number of aliphatic hydroxyl groups excluding tert-OH is 1. The fraction of sp³-hybridized carbons (Fsp3) is 0.250. The van der Waals surface area contributed by atoms with E-state index in [2.05, 4.69) is 9.97 Å². The highest BCUT2D eigenvalue weighted by Gasteiger charge is 2.18. The quantitative estimate of drug-likeness (QED) is 0.547. The molecule has 0 aliphatic rings. The third kappa shape index (κ3) is 5.45. The predicted molar refractivity (Wildman–Crippen MR) is 96.8 cm³/mol. The summed E-state index contributed by atoms with van der Waals surface area (Å²) >= 11 is 0.958. The van der Waals surface area contributed by atoms with Gasteiger partial charge in [0, 0.05) is 30.6 Å². The summed E-state index contributed by atoms with van der Waals surface area (Å²) in [6.07, 6.45) is 2.98. The fourth-order valence-electron chi connectivity index (χ4n) is 1.94. The van der Waals surface area contributed by atoms with Crippen LogP contribution in [0.5, 0.6) is 0 Å². The second-order valence-corrected chi connectivity index (χ2v) is 7.31. The van der Waals surface area contributed by atoms with Gasteiger partial charge in [0.05, 0.1) is 18.9 Å². The fourth-order valence-corrected chi connectivity index (χ4v) is 3.50. The standard InChI is InChI=1S/C16H17N3O4S2/c1-12(21)24-11-15(22)13-3-5-14(6-4-13)19(9-10-20)25(23)16-17-7-2-8-18-16/h2-8,20H,9-11H2,1H3. The molecule has 2 rings (SSSR count). The minimum absolute atomic E-state index is 0.0822. The molecule has 1 unspecified atom stereocenters. The minimum Gasteiger partial charge on any atom is -0.394 e. The van der Waals surface area contributed by atoms with Crippen molar-refractivity contribution >= 4 is 39.3 Å². The Morgan fingerprint density at radius 2 is 1.84 bits per heavy atom. The first-order valence-electron chi connectivity index (χ1n) is 7.37. The van der Waals surface area contributed by atoms with Gasteiger partial charge in [-0.1, -0.05) is 11.8 Å². The van der Waals surface area contributed by atoms with Gasteiger partial charge in [-0.25, -0.2) is 14.2 Å². The van der Waals surface area contributed by atoms with E-state index in [9.17, 15) is 18.9 Å². The molecule has 0 aliphatic carbocycles. The molecular formula is C16H17N3O4S2. The number of ketones is 1. The average Bonchev–Trinajstić information content (AvgIpc) is 2.64. The van der Waals surface area contributed by atoms with Crippen molar-refractivity contribution in [1.82, 2.24) is 9.97 Å². The van der Waals surface area contributed by atoms with Gasteiger partial charge in [0.2, 0.25) is 5.16 Å². The first-order chi connectivity index (χ1) is 12.0. The van der Waals surface area contributed by atoms with Gasteiger partial charge in [0.15, 0.2) is 21.9 Å². The van der Waals surface area contributed by atoms with Gasteiger partial charge < -0.3 is 5.11 Å². The topological polar surface area (TPSA) is 100 Å². The van der Waals surface area contributed by atoms with E-state index >= 15 is 0 Å². The Hall–Kier alpha value is -2.10. The molecule has 0 amide bonds. The maximum absolute atomic E-state index is 12.6. The van der Waals surface area contributed by atoms with Gasteiger partial charge in [-0.2, -0.15) is 0 Å². The van der Waals surface area contributed by atoms with E-state index in [-0.39, 0.29) is 35.0 Å². The van der Waals surface area contributed by atoms with Crippen molar-refractivity contribution in [3.63, 3.8) is 0 Å². The zero-order valence-electron chi connectivity index (χ0n) is 13.5. The number of hydrogen-bond acceptors (Lipinski definition) is 7. The second kappa shape index (κ2) is 9.40. The van der Waals surface area contributed by atoms with Crippen molar-refractivity contribution in [1.29, 1.82) is 0 Å². The van der Waals surface area contributed by atoms with E-state index in [1.54, 1.807) is 30.3 Å². The number of rotatable bonds is 8. The van der Waals surface area contributed by atoms with Crippen molar-refractivity contribution in [3.05, 3.63) is 48.3 Å². The number of aliphatic hydroxyl groups is 1. The Bertz CT molecular complexity index is 754. The summed E-state index contributed by atoms with van der Waals surface area (Å²) in [5, 5.41) is 9.27. The average molecular weight is 379 g/mol. The molecule has 2 aromatic rings. The van der Waals surface area contributed by atoms with E-state index < -0.39 is 11.0 Å². The summed E-state index contributed by atoms with van der Waals surface area (Å²) in [7, 11) is -1.68. The van der Waals surface area contributed by atoms with Crippen molar-refractivity contribution < 1.29 is 18.9 Å². The van der Waals surface area contributed by atoms with Crippen molar-refractivity contribution in [2.24, 2.45) is 0 Å². The molecule has 0 saturated heterocycles. The van der Waals surface area contributed by atoms with Crippen molar-refractivity contribution in [3.8, 4) is 0 Å². The Kier molecular flexibility index (Phi) is 7.23. The first kappa shape index (κ1) is 19.2.